The second kappa shape index (κ2) is 16.6. The van der Waals surface area contributed by atoms with Crippen molar-refractivity contribution in [3.8, 4) is 5.75 Å². The third-order valence-corrected chi connectivity index (χ3v) is 8.86. The summed E-state index contributed by atoms with van der Waals surface area (Å²) in [7, 11) is 3.31. The molecular formula is C41H48N4O6. The summed E-state index contributed by atoms with van der Waals surface area (Å²) in [6.07, 6.45) is 1.87. The number of likely N-dealkylation sites (N-methyl/N-ethyl adjacent to an activating group) is 1. The Labute approximate surface area is 299 Å². The van der Waals surface area contributed by atoms with E-state index in [0.717, 1.165) is 38.4 Å². The van der Waals surface area contributed by atoms with Crippen molar-refractivity contribution >= 4 is 39.6 Å². The van der Waals surface area contributed by atoms with Gasteiger partial charge in [0, 0.05) is 61.8 Å². The van der Waals surface area contributed by atoms with E-state index in [4.69, 9.17) is 9.47 Å². The molecule has 0 spiro atoms. The first-order chi connectivity index (χ1) is 24.4. The van der Waals surface area contributed by atoms with Crippen LogP contribution in [0.5, 0.6) is 5.75 Å². The van der Waals surface area contributed by atoms with E-state index in [-0.39, 0.29) is 38.4 Å². The summed E-state index contributed by atoms with van der Waals surface area (Å²) in [5.41, 5.74) is 2.88. The number of aromatic nitrogens is 1. The van der Waals surface area contributed by atoms with Crippen LogP contribution in [0.15, 0.2) is 97.2 Å². The van der Waals surface area contributed by atoms with Crippen molar-refractivity contribution < 1.29 is 29.0 Å². The SMILES string of the molecule is COc1ccccc1CN(C)C(=O)C(Cc1ccc2ccccc2c1)N(CCNC(CC(=O)O)Cc1c[nH]c2ccccc12)C(=O)OC(C)(C)C. The quantitative estimate of drug-likeness (QED) is 0.110. The number of H-pyrrole nitrogens is 1. The highest BCUT2D eigenvalue weighted by Crippen LogP contribution is 2.24. The van der Waals surface area contributed by atoms with Crippen molar-refractivity contribution in [2.45, 2.75) is 64.3 Å². The number of hydrogen-bond acceptors (Lipinski definition) is 6. The fourth-order valence-corrected chi connectivity index (χ4v) is 6.42. The summed E-state index contributed by atoms with van der Waals surface area (Å²) in [6.45, 7) is 5.98. The van der Waals surface area contributed by atoms with Gasteiger partial charge in [0.25, 0.3) is 0 Å². The lowest BCUT2D eigenvalue weighted by Crippen LogP contribution is -2.54. The molecule has 5 rings (SSSR count). The fourth-order valence-electron chi connectivity index (χ4n) is 6.42. The van der Waals surface area contributed by atoms with E-state index < -0.39 is 29.7 Å². The predicted octanol–water partition coefficient (Wildman–Crippen LogP) is 6.81. The van der Waals surface area contributed by atoms with Crippen LogP contribution in [0.1, 0.15) is 43.9 Å². The van der Waals surface area contributed by atoms with Crippen LogP contribution in [0.25, 0.3) is 21.7 Å². The number of carbonyl (C=O) groups excluding carboxylic acids is 2. The van der Waals surface area contributed by atoms with Crippen molar-refractivity contribution in [2.24, 2.45) is 0 Å². The molecule has 1 heterocycles. The lowest BCUT2D eigenvalue weighted by molar-refractivity contribution is -0.137. The zero-order chi connectivity index (χ0) is 36.5. The average Bonchev–Trinajstić information content (AvgIpc) is 3.50. The molecule has 10 heteroatoms. The van der Waals surface area contributed by atoms with Gasteiger partial charge in [0.2, 0.25) is 5.91 Å². The van der Waals surface area contributed by atoms with E-state index in [0.29, 0.717) is 12.2 Å². The number of benzene rings is 4. The maximum atomic E-state index is 14.5. The van der Waals surface area contributed by atoms with Gasteiger partial charge in [0.05, 0.1) is 13.5 Å². The first-order valence-electron chi connectivity index (χ1n) is 17.3. The van der Waals surface area contributed by atoms with Gasteiger partial charge in [-0.2, -0.15) is 0 Å². The van der Waals surface area contributed by atoms with Crippen molar-refractivity contribution in [1.82, 2.24) is 20.1 Å². The summed E-state index contributed by atoms with van der Waals surface area (Å²) < 4.78 is 11.5. The Bertz CT molecular complexity index is 1960. The Hall–Kier alpha value is -5.35. The van der Waals surface area contributed by atoms with Crippen LogP contribution in [-0.4, -0.2) is 82.8 Å². The monoisotopic (exact) mass is 692 g/mol. The summed E-state index contributed by atoms with van der Waals surface area (Å²) >= 11 is 0. The number of para-hydroxylation sites is 2. The van der Waals surface area contributed by atoms with E-state index in [1.54, 1.807) is 39.8 Å². The molecule has 0 radical (unpaired) electrons. The van der Waals surface area contributed by atoms with Crippen LogP contribution in [0.3, 0.4) is 0 Å². The molecule has 0 aliphatic heterocycles. The van der Waals surface area contributed by atoms with Gasteiger partial charge in [-0.3, -0.25) is 14.5 Å². The number of aromatic amines is 1. The number of amides is 2. The molecule has 1 aromatic heterocycles. The molecule has 0 aliphatic carbocycles. The molecule has 268 valence electrons. The van der Waals surface area contributed by atoms with Crippen molar-refractivity contribution in [1.29, 1.82) is 0 Å². The maximum absolute atomic E-state index is 14.5. The van der Waals surface area contributed by atoms with Crippen LogP contribution < -0.4 is 10.1 Å². The third-order valence-electron chi connectivity index (χ3n) is 8.86. The Morgan fingerprint density at radius 3 is 2.33 bits per heavy atom. The summed E-state index contributed by atoms with van der Waals surface area (Å²) in [5.74, 6) is -0.532. The van der Waals surface area contributed by atoms with E-state index in [2.05, 4.69) is 10.3 Å². The minimum Gasteiger partial charge on any atom is -0.496 e. The van der Waals surface area contributed by atoms with E-state index >= 15 is 0 Å². The lowest BCUT2D eigenvalue weighted by atomic mass is 9.99. The lowest BCUT2D eigenvalue weighted by Gasteiger charge is -2.35. The number of nitrogens with zero attached hydrogens (tertiary/aromatic N) is 2. The third kappa shape index (κ3) is 9.88. The number of fused-ring (bicyclic) bond motifs is 2. The molecule has 2 unspecified atom stereocenters. The largest absolute Gasteiger partial charge is 0.496 e. The number of hydrogen-bond donors (Lipinski definition) is 3. The highest BCUT2D eigenvalue weighted by molar-refractivity contribution is 5.87. The van der Waals surface area contributed by atoms with E-state index in [1.165, 1.54) is 4.90 Å². The van der Waals surface area contributed by atoms with Crippen molar-refractivity contribution in [3.63, 3.8) is 0 Å². The molecular weight excluding hydrogens is 644 g/mol. The number of methoxy groups -OCH3 is 1. The predicted molar refractivity (Wildman–Crippen MR) is 200 cm³/mol. The number of nitrogens with one attached hydrogen (secondary N) is 2. The molecule has 0 fully saturated rings. The number of ether oxygens (including phenoxy) is 2. The molecule has 51 heavy (non-hydrogen) atoms. The molecule has 5 aromatic rings. The van der Waals surface area contributed by atoms with Gasteiger partial charge in [-0.05, 0) is 61.2 Å². The highest BCUT2D eigenvalue weighted by Gasteiger charge is 2.35. The molecule has 0 saturated carbocycles. The van der Waals surface area contributed by atoms with Crippen LogP contribution >= 0.6 is 0 Å². The van der Waals surface area contributed by atoms with Gasteiger partial charge in [0.15, 0.2) is 0 Å². The molecule has 3 N–H and O–H groups in total. The van der Waals surface area contributed by atoms with E-state index in [1.807, 2.05) is 97.2 Å². The van der Waals surface area contributed by atoms with Gasteiger partial charge >= 0.3 is 12.1 Å². The first-order valence-corrected chi connectivity index (χ1v) is 17.3. The average molecular weight is 693 g/mol. The van der Waals surface area contributed by atoms with Gasteiger partial charge in [-0.25, -0.2) is 4.79 Å². The first kappa shape index (κ1) is 36.9. The second-order valence-corrected chi connectivity index (χ2v) is 13.9. The van der Waals surface area contributed by atoms with Gasteiger partial charge in [-0.15, -0.1) is 0 Å². The Kier molecular flexibility index (Phi) is 12.0. The topological polar surface area (TPSA) is 124 Å². The van der Waals surface area contributed by atoms with Gasteiger partial charge < -0.3 is 29.8 Å². The molecule has 0 saturated heterocycles. The summed E-state index contributed by atoms with van der Waals surface area (Å²) in [6, 6.07) is 28.1. The van der Waals surface area contributed by atoms with Gasteiger partial charge in [-0.1, -0.05) is 78.9 Å². The number of rotatable bonds is 15. The molecule has 0 bridgehead atoms. The molecule has 10 nitrogen and oxygen atoms in total. The number of carboxylic acid groups (broad SMARTS) is 1. The Morgan fingerprint density at radius 1 is 0.882 bits per heavy atom. The minimum atomic E-state index is -0.932. The smallest absolute Gasteiger partial charge is 0.411 e. The standard InChI is InChI=1S/C41H48N4O6/c1-41(2,3)51-40(49)45(21-20-42-33(25-38(46)47)24-32-26-43-35-16-10-9-15-34(32)35)36(23-28-18-19-29-12-6-7-13-30(29)22-28)39(48)44(4)27-31-14-8-11-17-37(31)50-5/h6-19,22,26,33,36,42-43H,20-21,23-25,27H2,1-5H3,(H,46,47). The van der Waals surface area contributed by atoms with Crippen LogP contribution in [0.2, 0.25) is 0 Å². The van der Waals surface area contributed by atoms with Gasteiger partial charge in [0.1, 0.15) is 17.4 Å². The molecule has 2 atom stereocenters. The maximum Gasteiger partial charge on any atom is 0.411 e. The molecule has 2 amide bonds. The van der Waals surface area contributed by atoms with E-state index in [9.17, 15) is 19.5 Å². The van der Waals surface area contributed by atoms with Crippen molar-refractivity contribution in [2.75, 3.05) is 27.2 Å². The summed E-state index contributed by atoms with van der Waals surface area (Å²) in [4.78, 5) is 46.9. The molecule has 0 aliphatic rings. The normalized spacial score (nSPS) is 12.7. The summed E-state index contributed by atoms with van der Waals surface area (Å²) in [5, 5.41) is 16.3. The van der Waals surface area contributed by atoms with Crippen LogP contribution in [0.4, 0.5) is 4.79 Å². The zero-order valence-corrected chi connectivity index (χ0v) is 30.0. The van der Waals surface area contributed by atoms with Crippen LogP contribution in [-0.2, 0) is 33.7 Å². The Morgan fingerprint density at radius 2 is 1.59 bits per heavy atom. The fraction of sp³-hybridized carbons (Fsp3) is 0.341. The molecule has 4 aromatic carbocycles. The number of aliphatic carboxylic acids is 1. The Balaban J connectivity index is 1.44. The number of carbonyl (C=O) groups is 3. The van der Waals surface area contributed by atoms with Crippen molar-refractivity contribution in [3.05, 3.63) is 114 Å². The zero-order valence-electron chi connectivity index (χ0n) is 30.0. The minimum absolute atomic E-state index is 0.103. The number of carboxylic acids is 1. The second-order valence-electron chi connectivity index (χ2n) is 13.9. The highest BCUT2D eigenvalue weighted by atomic mass is 16.6. The van der Waals surface area contributed by atoms with Crippen LogP contribution in [0, 0.1) is 0 Å².